The molecule has 2 N–H and O–H groups in total. The van der Waals surface area contributed by atoms with Crippen molar-refractivity contribution < 1.29 is 4.74 Å². The molecule has 0 radical (unpaired) electrons. The highest BCUT2D eigenvalue weighted by molar-refractivity contribution is 5.13. The lowest BCUT2D eigenvalue weighted by atomic mass is 10.1. The second kappa shape index (κ2) is 6.46. The van der Waals surface area contributed by atoms with Crippen LogP contribution in [0.2, 0.25) is 0 Å². The monoisotopic (exact) mass is 219 g/mol. The van der Waals surface area contributed by atoms with E-state index in [1.165, 1.54) is 5.56 Å². The number of benzene rings is 1. The normalized spacial score (nSPS) is 14.4. The van der Waals surface area contributed by atoms with E-state index in [9.17, 15) is 0 Å². The van der Waals surface area contributed by atoms with E-state index in [0.717, 1.165) is 12.0 Å². The molecule has 1 rings (SSSR count). The average molecular weight is 219 g/mol. The Morgan fingerprint density at radius 1 is 1.38 bits per heavy atom. The maximum Gasteiger partial charge on any atom is 0.0721 e. The predicted molar refractivity (Wildman–Crippen MR) is 68.1 cm³/mol. The van der Waals surface area contributed by atoms with Crippen LogP contribution in [0.4, 0.5) is 0 Å². The first-order valence-electron chi connectivity index (χ1n) is 5.65. The maximum atomic E-state index is 6.00. The topological polar surface area (TPSA) is 35.2 Å². The van der Waals surface area contributed by atoms with Crippen LogP contribution in [-0.2, 0) is 11.3 Å². The molecule has 0 aliphatic carbocycles. The first-order valence-corrected chi connectivity index (χ1v) is 5.65. The van der Waals surface area contributed by atoms with Crippen LogP contribution in [-0.4, -0.2) is 12.1 Å². The van der Waals surface area contributed by atoms with Crippen molar-refractivity contribution in [3.63, 3.8) is 0 Å². The van der Waals surface area contributed by atoms with Crippen LogP contribution in [0.25, 0.3) is 0 Å². The summed E-state index contributed by atoms with van der Waals surface area (Å²) in [6.07, 6.45) is 0.868. The first kappa shape index (κ1) is 12.9. The largest absolute Gasteiger partial charge is 0.372 e. The molecule has 0 spiro atoms. The summed E-state index contributed by atoms with van der Waals surface area (Å²) >= 11 is 0. The van der Waals surface area contributed by atoms with Crippen molar-refractivity contribution in [2.24, 2.45) is 5.73 Å². The molecule has 0 fully saturated rings. The number of hydrogen-bond acceptors (Lipinski definition) is 2. The van der Waals surface area contributed by atoms with Crippen molar-refractivity contribution in [1.82, 2.24) is 0 Å². The van der Waals surface area contributed by atoms with Crippen molar-refractivity contribution in [3.8, 4) is 0 Å². The smallest absolute Gasteiger partial charge is 0.0721 e. The Morgan fingerprint density at radius 3 is 2.56 bits per heavy atom. The molecule has 2 atom stereocenters. The fraction of sp³-hybridized carbons (Fsp3) is 0.429. The molecule has 1 aromatic carbocycles. The molecule has 0 saturated carbocycles. The number of ether oxygens (including phenoxy) is 1. The molecule has 0 saturated heterocycles. The van der Waals surface area contributed by atoms with Crippen LogP contribution in [0.3, 0.4) is 0 Å². The molecular weight excluding hydrogens is 198 g/mol. The summed E-state index contributed by atoms with van der Waals surface area (Å²) in [6.45, 7) is 8.48. The molecule has 0 aromatic heterocycles. The second-order valence-electron chi connectivity index (χ2n) is 4.33. The van der Waals surface area contributed by atoms with Gasteiger partial charge in [0.2, 0.25) is 0 Å². The van der Waals surface area contributed by atoms with E-state index in [1.54, 1.807) is 0 Å². The van der Waals surface area contributed by atoms with Gasteiger partial charge in [-0.3, -0.25) is 0 Å². The minimum Gasteiger partial charge on any atom is -0.372 e. The highest BCUT2D eigenvalue weighted by Crippen LogP contribution is 2.09. The van der Waals surface area contributed by atoms with Gasteiger partial charge in [-0.15, -0.1) is 6.58 Å². The molecule has 0 amide bonds. The zero-order valence-electron chi connectivity index (χ0n) is 10.1. The van der Waals surface area contributed by atoms with Gasteiger partial charge in [0.1, 0.15) is 0 Å². The highest BCUT2D eigenvalue weighted by Gasteiger charge is 2.12. The van der Waals surface area contributed by atoms with Gasteiger partial charge in [-0.05, 0) is 25.8 Å². The lowest BCUT2D eigenvalue weighted by Crippen LogP contribution is -2.34. The molecule has 2 heteroatoms. The Bertz CT molecular complexity index is 321. The van der Waals surface area contributed by atoms with Gasteiger partial charge in [0, 0.05) is 6.04 Å². The van der Waals surface area contributed by atoms with Crippen LogP contribution in [0.15, 0.2) is 42.5 Å². The summed E-state index contributed by atoms with van der Waals surface area (Å²) in [7, 11) is 0. The van der Waals surface area contributed by atoms with Crippen LogP contribution < -0.4 is 5.73 Å². The van der Waals surface area contributed by atoms with Crippen molar-refractivity contribution in [3.05, 3.63) is 48.0 Å². The SMILES string of the molecule is C=C(C)C[C@H](N)[C@H](C)OCc1ccccc1. The van der Waals surface area contributed by atoms with Crippen molar-refractivity contribution in [2.75, 3.05) is 0 Å². The standard InChI is InChI=1S/C14H21NO/c1-11(2)9-14(15)12(3)16-10-13-7-5-4-6-8-13/h4-8,12,14H,1,9-10,15H2,2-3H3/t12-,14-/m0/s1. The molecule has 0 heterocycles. The molecule has 2 nitrogen and oxygen atoms in total. The van der Waals surface area contributed by atoms with E-state index in [-0.39, 0.29) is 12.1 Å². The van der Waals surface area contributed by atoms with Crippen molar-refractivity contribution in [2.45, 2.75) is 39.0 Å². The Hall–Kier alpha value is -1.12. The van der Waals surface area contributed by atoms with E-state index >= 15 is 0 Å². The summed E-state index contributed by atoms with van der Waals surface area (Å²) in [5.41, 5.74) is 8.27. The molecule has 0 aliphatic rings. The number of rotatable bonds is 6. The second-order valence-corrected chi connectivity index (χ2v) is 4.33. The average Bonchev–Trinajstić information content (AvgIpc) is 2.26. The fourth-order valence-corrected chi connectivity index (χ4v) is 1.49. The third-order valence-corrected chi connectivity index (χ3v) is 2.54. The molecule has 0 bridgehead atoms. The quantitative estimate of drug-likeness (QED) is 0.747. The number of hydrogen-bond donors (Lipinski definition) is 1. The Balaban J connectivity index is 2.35. The maximum absolute atomic E-state index is 6.00. The van der Waals surface area contributed by atoms with Crippen LogP contribution in [0, 0.1) is 0 Å². The van der Waals surface area contributed by atoms with Gasteiger partial charge < -0.3 is 10.5 Å². The van der Waals surface area contributed by atoms with Crippen LogP contribution >= 0.6 is 0 Å². The van der Waals surface area contributed by atoms with Gasteiger partial charge in [0.15, 0.2) is 0 Å². The molecular formula is C14H21NO. The molecule has 1 aromatic rings. The lowest BCUT2D eigenvalue weighted by molar-refractivity contribution is 0.0361. The van der Waals surface area contributed by atoms with Gasteiger partial charge in [0.25, 0.3) is 0 Å². The Morgan fingerprint density at radius 2 is 2.00 bits per heavy atom. The zero-order valence-corrected chi connectivity index (χ0v) is 10.1. The molecule has 0 unspecified atom stereocenters. The molecule has 0 aliphatic heterocycles. The summed E-state index contributed by atoms with van der Waals surface area (Å²) in [6, 6.07) is 10.2. The van der Waals surface area contributed by atoms with Crippen LogP contribution in [0.1, 0.15) is 25.8 Å². The Kier molecular flexibility index (Phi) is 5.23. The zero-order chi connectivity index (χ0) is 12.0. The van der Waals surface area contributed by atoms with E-state index in [0.29, 0.717) is 6.61 Å². The summed E-state index contributed by atoms with van der Waals surface area (Å²) in [5.74, 6) is 0. The van der Waals surface area contributed by atoms with Gasteiger partial charge in [0.05, 0.1) is 12.7 Å². The summed E-state index contributed by atoms with van der Waals surface area (Å²) < 4.78 is 5.72. The van der Waals surface area contributed by atoms with E-state index in [1.807, 2.05) is 32.0 Å². The van der Waals surface area contributed by atoms with E-state index in [4.69, 9.17) is 10.5 Å². The first-order chi connectivity index (χ1) is 7.59. The molecule has 16 heavy (non-hydrogen) atoms. The van der Waals surface area contributed by atoms with E-state index in [2.05, 4.69) is 18.7 Å². The summed E-state index contributed by atoms with van der Waals surface area (Å²) in [5, 5.41) is 0. The number of nitrogens with two attached hydrogens (primary N) is 1. The van der Waals surface area contributed by atoms with Gasteiger partial charge >= 0.3 is 0 Å². The third kappa shape index (κ3) is 4.60. The van der Waals surface area contributed by atoms with Gasteiger partial charge in [-0.25, -0.2) is 0 Å². The van der Waals surface area contributed by atoms with Gasteiger partial charge in [-0.2, -0.15) is 0 Å². The minimum atomic E-state index is 0.0289. The van der Waals surface area contributed by atoms with Crippen molar-refractivity contribution >= 4 is 0 Å². The minimum absolute atomic E-state index is 0.0289. The van der Waals surface area contributed by atoms with Crippen molar-refractivity contribution in [1.29, 1.82) is 0 Å². The predicted octanol–water partition coefficient (Wildman–Crippen LogP) is 2.89. The summed E-state index contributed by atoms with van der Waals surface area (Å²) in [4.78, 5) is 0. The fourth-order valence-electron chi connectivity index (χ4n) is 1.49. The molecule has 88 valence electrons. The highest BCUT2D eigenvalue weighted by atomic mass is 16.5. The van der Waals surface area contributed by atoms with E-state index < -0.39 is 0 Å². The Labute approximate surface area is 98.1 Å². The third-order valence-electron chi connectivity index (χ3n) is 2.54. The van der Waals surface area contributed by atoms with Crippen LogP contribution in [0.5, 0.6) is 0 Å². The lowest BCUT2D eigenvalue weighted by Gasteiger charge is -2.20. The van der Waals surface area contributed by atoms with Gasteiger partial charge in [-0.1, -0.05) is 35.9 Å².